The zero-order valence-corrected chi connectivity index (χ0v) is 17.9. The van der Waals surface area contributed by atoms with E-state index < -0.39 is 11.6 Å². The molecule has 0 spiro atoms. The number of ether oxygens (including phenoxy) is 1. The van der Waals surface area contributed by atoms with Crippen molar-refractivity contribution in [3.05, 3.63) is 53.3 Å². The lowest BCUT2D eigenvalue weighted by Gasteiger charge is -2.39. The zero-order chi connectivity index (χ0) is 21.0. The fourth-order valence-electron chi connectivity index (χ4n) is 4.24. The van der Waals surface area contributed by atoms with Crippen molar-refractivity contribution in [1.29, 1.82) is 0 Å². The summed E-state index contributed by atoms with van der Waals surface area (Å²) in [5.74, 6) is 0.409. The minimum atomic E-state index is -0.870. The average Bonchev–Trinajstić information content (AvgIpc) is 3.40. The lowest BCUT2D eigenvalue weighted by Crippen LogP contribution is -2.45. The number of anilines is 2. The summed E-state index contributed by atoms with van der Waals surface area (Å²) in [6.07, 6.45) is 1.65. The standard InChI is InChI=1S/C24H31FN2O2/c1-22(2,3)23(4)14-15-11-20(18(25)13-19(15)27-23)26-21(28)24(9-10-24)16-7-6-8-17(12-16)29-5/h6-8,11-13,21,26-28H,9-10,14H2,1-5H3. The smallest absolute Gasteiger partial charge is 0.148 e. The summed E-state index contributed by atoms with van der Waals surface area (Å²) in [4.78, 5) is 0. The number of hydrogen-bond acceptors (Lipinski definition) is 4. The Labute approximate surface area is 172 Å². The molecule has 2 aromatic carbocycles. The number of rotatable bonds is 5. The van der Waals surface area contributed by atoms with Gasteiger partial charge in [-0.05, 0) is 67.0 Å². The lowest BCUT2D eigenvalue weighted by atomic mass is 9.73. The second-order valence-corrected chi connectivity index (χ2v) is 9.81. The summed E-state index contributed by atoms with van der Waals surface area (Å²) >= 11 is 0. The Morgan fingerprint density at radius 1 is 1.21 bits per heavy atom. The molecule has 3 N–H and O–H groups in total. The first-order valence-electron chi connectivity index (χ1n) is 10.3. The van der Waals surface area contributed by atoms with Gasteiger partial charge in [-0.25, -0.2) is 4.39 Å². The minimum Gasteiger partial charge on any atom is -0.497 e. The number of hydrogen-bond donors (Lipinski definition) is 3. The molecule has 1 fully saturated rings. The third-order valence-corrected chi connectivity index (χ3v) is 7.05. The molecule has 1 aliphatic heterocycles. The van der Waals surface area contributed by atoms with E-state index in [-0.39, 0.29) is 16.8 Å². The van der Waals surface area contributed by atoms with Crippen LogP contribution in [0.4, 0.5) is 15.8 Å². The lowest BCUT2D eigenvalue weighted by molar-refractivity contribution is 0.158. The highest BCUT2D eigenvalue weighted by Gasteiger charge is 2.51. The van der Waals surface area contributed by atoms with Crippen LogP contribution in [-0.2, 0) is 11.8 Å². The Bertz CT molecular complexity index is 933. The number of aliphatic hydroxyl groups is 1. The molecule has 0 bridgehead atoms. The van der Waals surface area contributed by atoms with E-state index in [9.17, 15) is 9.50 Å². The van der Waals surface area contributed by atoms with Crippen molar-refractivity contribution in [2.45, 2.75) is 64.1 Å². The summed E-state index contributed by atoms with van der Waals surface area (Å²) in [6, 6.07) is 11.2. The SMILES string of the molecule is COc1cccc(C2(C(O)Nc3cc4c(cc3F)NC(C)(C(C)(C)C)C4)CC2)c1. The van der Waals surface area contributed by atoms with E-state index in [0.717, 1.165) is 41.8 Å². The van der Waals surface area contributed by atoms with Gasteiger partial charge in [0.1, 0.15) is 17.8 Å². The highest BCUT2D eigenvalue weighted by Crippen LogP contribution is 2.52. The first-order chi connectivity index (χ1) is 13.6. The van der Waals surface area contributed by atoms with Crippen LogP contribution in [0.25, 0.3) is 0 Å². The van der Waals surface area contributed by atoms with Crippen molar-refractivity contribution < 1.29 is 14.2 Å². The summed E-state index contributed by atoms with van der Waals surface area (Å²) in [5, 5.41) is 17.5. The summed E-state index contributed by atoms with van der Waals surface area (Å²) in [6.45, 7) is 8.75. The van der Waals surface area contributed by atoms with E-state index in [1.165, 1.54) is 0 Å². The molecule has 1 aliphatic carbocycles. The maximum Gasteiger partial charge on any atom is 0.148 e. The minimum absolute atomic E-state index is 0.0278. The maximum absolute atomic E-state index is 14.8. The van der Waals surface area contributed by atoms with Crippen molar-refractivity contribution in [3.8, 4) is 5.75 Å². The monoisotopic (exact) mass is 398 g/mol. The van der Waals surface area contributed by atoms with Gasteiger partial charge in [0.05, 0.1) is 12.8 Å². The van der Waals surface area contributed by atoms with E-state index in [4.69, 9.17) is 4.74 Å². The topological polar surface area (TPSA) is 53.5 Å². The Balaban J connectivity index is 1.58. The predicted octanol–water partition coefficient (Wildman–Crippen LogP) is 5.07. The third-order valence-electron chi connectivity index (χ3n) is 7.05. The quantitative estimate of drug-likeness (QED) is 0.616. The van der Waals surface area contributed by atoms with Crippen LogP contribution in [0.2, 0.25) is 0 Å². The van der Waals surface area contributed by atoms with Gasteiger partial charge in [0, 0.05) is 16.6 Å². The van der Waals surface area contributed by atoms with Gasteiger partial charge in [-0.1, -0.05) is 32.9 Å². The fraction of sp³-hybridized carbons (Fsp3) is 0.500. The highest BCUT2D eigenvalue weighted by molar-refractivity contribution is 5.66. The second-order valence-electron chi connectivity index (χ2n) is 9.81. The van der Waals surface area contributed by atoms with Crippen molar-refractivity contribution in [2.24, 2.45) is 5.41 Å². The number of methoxy groups -OCH3 is 1. The number of aliphatic hydroxyl groups excluding tert-OH is 1. The van der Waals surface area contributed by atoms with E-state index in [1.54, 1.807) is 13.2 Å². The maximum atomic E-state index is 14.8. The van der Waals surface area contributed by atoms with Crippen LogP contribution in [0.1, 0.15) is 51.7 Å². The Kier molecular flexibility index (Phi) is 4.57. The van der Waals surface area contributed by atoms with Crippen LogP contribution >= 0.6 is 0 Å². The van der Waals surface area contributed by atoms with Crippen LogP contribution in [-0.4, -0.2) is 24.0 Å². The fourth-order valence-corrected chi connectivity index (χ4v) is 4.24. The molecule has 0 saturated heterocycles. The van der Waals surface area contributed by atoms with Gasteiger partial charge >= 0.3 is 0 Å². The molecular formula is C24H31FN2O2. The summed E-state index contributed by atoms with van der Waals surface area (Å²) < 4.78 is 20.2. The average molecular weight is 399 g/mol. The molecule has 5 heteroatoms. The van der Waals surface area contributed by atoms with E-state index in [0.29, 0.717) is 5.69 Å². The van der Waals surface area contributed by atoms with Crippen molar-refractivity contribution in [3.63, 3.8) is 0 Å². The molecule has 2 atom stereocenters. The highest BCUT2D eigenvalue weighted by atomic mass is 19.1. The summed E-state index contributed by atoms with van der Waals surface area (Å²) in [7, 11) is 1.63. The van der Waals surface area contributed by atoms with Crippen LogP contribution in [0.15, 0.2) is 36.4 Å². The van der Waals surface area contributed by atoms with Crippen molar-refractivity contribution >= 4 is 11.4 Å². The molecule has 1 heterocycles. The van der Waals surface area contributed by atoms with Gasteiger partial charge < -0.3 is 20.5 Å². The molecule has 4 nitrogen and oxygen atoms in total. The zero-order valence-electron chi connectivity index (χ0n) is 17.9. The largest absolute Gasteiger partial charge is 0.497 e. The van der Waals surface area contributed by atoms with Crippen LogP contribution in [0.5, 0.6) is 5.75 Å². The van der Waals surface area contributed by atoms with E-state index in [1.807, 2.05) is 30.3 Å². The normalized spacial score (nSPS) is 23.1. The molecule has 0 amide bonds. The van der Waals surface area contributed by atoms with Gasteiger partial charge in [0.25, 0.3) is 0 Å². The third kappa shape index (κ3) is 3.35. The number of halogens is 1. The molecule has 4 rings (SSSR count). The van der Waals surface area contributed by atoms with Crippen LogP contribution in [0, 0.1) is 11.2 Å². The molecule has 0 radical (unpaired) electrons. The number of nitrogens with one attached hydrogen (secondary N) is 2. The second kappa shape index (κ2) is 6.63. The first kappa shape index (κ1) is 20.0. The van der Waals surface area contributed by atoms with Crippen LogP contribution < -0.4 is 15.4 Å². The van der Waals surface area contributed by atoms with Crippen molar-refractivity contribution in [1.82, 2.24) is 0 Å². The molecule has 156 valence electrons. The van der Waals surface area contributed by atoms with Gasteiger partial charge in [-0.3, -0.25) is 0 Å². The van der Waals surface area contributed by atoms with E-state index >= 15 is 0 Å². The molecule has 29 heavy (non-hydrogen) atoms. The van der Waals surface area contributed by atoms with Crippen molar-refractivity contribution in [2.75, 3.05) is 17.7 Å². The first-order valence-corrected chi connectivity index (χ1v) is 10.3. The Morgan fingerprint density at radius 2 is 1.93 bits per heavy atom. The predicted molar refractivity (Wildman–Crippen MR) is 115 cm³/mol. The van der Waals surface area contributed by atoms with Gasteiger partial charge in [0.15, 0.2) is 0 Å². The van der Waals surface area contributed by atoms with Gasteiger partial charge in [0.2, 0.25) is 0 Å². The molecular weight excluding hydrogens is 367 g/mol. The number of fused-ring (bicyclic) bond motifs is 1. The van der Waals surface area contributed by atoms with E-state index in [2.05, 4.69) is 38.3 Å². The van der Waals surface area contributed by atoms with Crippen LogP contribution in [0.3, 0.4) is 0 Å². The summed E-state index contributed by atoms with van der Waals surface area (Å²) in [5.41, 5.74) is 2.76. The Morgan fingerprint density at radius 3 is 2.55 bits per heavy atom. The molecule has 0 aromatic heterocycles. The van der Waals surface area contributed by atoms with Gasteiger partial charge in [-0.2, -0.15) is 0 Å². The van der Waals surface area contributed by atoms with Gasteiger partial charge in [-0.15, -0.1) is 0 Å². The Hall–Kier alpha value is -2.27. The molecule has 2 unspecified atom stereocenters. The molecule has 2 aliphatic rings. The molecule has 2 aromatic rings. The molecule has 1 saturated carbocycles. The number of benzene rings is 2.